The zero-order valence-electron chi connectivity index (χ0n) is 17.2. The summed E-state index contributed by atoms with van der Waals surface area (Å²) in [6.45, 7) is 0. The molecule has 12 heteroatoms. The molecule has 3 rings (SSSR count). The summed E-state index contributed by atoms with van der Waals surface area (Å²) in [5.41, 5.74) is -4.26. The molecule has 0 spiro atoms. The van der Waals surface area contributed by atoms with Gasteiger partial charge < -0.3 is 10.4 Å². The molecule has 0 fully saturated rings. The van der Waals surface area contributed by atoms with Gasteiger partial charge in [-0.2, -0.15) is 23.0 Å². The van der Waals surface area contributed by atoms with Crippen LogP contribution in [0, 0.1) is 5.82 Å². The van der Waals surface area contributed by atoms with Crippen LogP contribution in [0.5, 0.6) is 0 Å². The minimum absolute atomic E-state index is 0.000831. The summed E-state index contributed by atoms with van der Waals surface area (Å²) in [7, 11) is 1.31. The Balaban J connectivity index is 2.02. The predicted octanol–water partition coefficient (Wildman–Crippen LogP) is 5.59. The van der Waals surface area contributed by atoms with E-state index in [9.17, 15) is 27.5 Å². The lowest BCUT2D eigenvalue weighted by atomic mass is 9.85. The van der Waals surface area contributed by atoms with Gasteiger partial charge in [0.15, 0.2) is 11.5 Å². The van der Waals surface area contributed by atoms with Crippen molar-refractivity contribution in [1.82, 2.24) is 0 Å². The number of quaternary nitrogens is 1. The van der Waals surface area contributed by atoms with Crippen LogP contribution in [0.3, 0.4) is 0 Å². The molecule has 5 nitrogen and oxygen atoms in total. The van der Waals surface area contributed by atoms with Gasteiger partial charge in [0, 0.05) is 16.7 Å². The topological polar surface area (TPSA) is 75.2 Å². The Hall–Kier alpha value is -2.40. The van der Waals surface area contributed by atoms with Crippen LogP contribution in [-0.2, 0) is 10.4 Å². The predicted molar refractivity (Wildman–Crippen MR) is 120 cm³/mol. The number of rotatable bonds is 6. The second-order valence-electron chi connectivity index (χ2n) is 7.05. The van der Waals surface area contributed by atoms with Crippen LogP contribution < -0.4 is 10.8 Å². The van der Waals surface area contributed by atoms with E-state index < -0.39 is 44.7 Å². The molecule has 0 aromatic heterocycles. The van der Waals surface area contributed by atoms with Crippen LogP contribution in [0.2, 0.25) is 15.1 Å². The molecule has 1 atom stereocenters. The molecule has 4 N–H and O–H groups in total. The molecule has 1 amide bonds. The van der Waals surface area contributed by atoms with E-state index in [1.165, 1.54) is 37.4 Å². The highest BCUT2D eigenvalue weighted by atomic mass is 35.5. The number of nitrogens with two attached hydrogens (primary N) is 1. The molecule has 34 heavy (non-hydrogen) atoms. The van der Waals surface area contributed by atoms with E-state index in [0.29, 0.717) is 0 Å². The first-order valence-electron chi connectivity index (χ1n) is 9.40. The summed E-state index contributed by atoms with van der Waals surface area (Å²) < 4.78 is 56.6. The molecule has 3 aromatic rings. The van der Waals surface area contributed by atoms with Crippen LogP contribution in [0.25, 0.3) is 0 Å². The molecule has 0 saturated carbocycles. The normalized spacial score (nSPS) is 13.4. The number of halogens is 7. The van der Waals surface area contributed by atoms with Crippen molar-refractivity contribution in [1.29, 1.82) is 0 Å². The van der Waals surface area contributed by atoms with Crippen molar-refractivity contribution in [3.63, 3.8) is 0 Å². The standard InChI is InChI=1S/C22H15Cl3F4N2O3/c1-34-31-17-4-2-3-14(18(17)26)20(32)30-19-15(24)9-12(10-16(19)25)21(33,22(27,28)29)11-5-7-13(23)8-6-11/h2-10,31,33H,1H3,(H,30,32)/p+1. The summed E-state index contributed by atoms with van der Waals surface area (Å²) in [5, 5.41) is 12.4. The monoisotopic (exact) mass is 537 g/mol. The van der Waals surface area contributed by atoms with E-state index in [4.69, 9.17) is 39.6 Å². The van der Waals surface area contributed by atoms with Crippen LogP contribution in [0.4, 0.5) is 28.9 Å². The Labute approximate surface area is 206 Å². The number of hydrogen-bond donors (Lipinski definition) is 3. The minimum Gasteiger partial charge on any atom is -0.372 e. The number of hydrogen-bond acceptors (Lipinski definition) is 3. The van der Waals surface area contributed by atoms with Crippen molar-refractivity contribution in [2.24, 2.45) is 0 Å². The van der Waals surface area contributed by atoms with Gasteiger partial charge in [-0.3, -0.25) is 4.79 Å². The SMILES string of the molecule is CO[NH2+]c1cccc(C(=O)Nc2c(Cl)cc(C(O)(c3ccc(Cl)cc3)C(F)(F)F)cc2Cl)c1F. The number of carbonyl (C=O) groups excluding carboxylic acids is 1. The third-order valence-electron chi connectivity index (χ3n) is 4.89. The fourth-order valence-electron chi connectivity index (χ4n) is 3.21. The maximum Gasteiger partial charge on any atom is 0.425 e. The minimum atomic E-state index is -5.17. The lowest BCUT2D eigenvalue weighted by molar-refractivity contribution is -0.831. The van der Waals surface area contributed by atoms with E-state index >= 15 is 0 Å². The first kappa shape index (κ1) is 26.2. The number of benzene rings is 3. The van der Waals surface area contributed by atoms with Gasteiger partial charge in [-0.25, -0.2) is 4.84 Å². The zero-order chi connectivity index (χ0) is 25.3. The van der Waals surface area contributed by atoms with Gasteiger partial charge in [0.1, 0.15) is 0 Å². The average molecular weight is 539 g/mol. The first-order chi connectivity index (χ1) is 15.9. The van der Waals surface area contributed by atoms with Gasteiger partial charge in [-0.05, 0) is 35.9 Å². The van der Waals surface area contributed by atoms with Gasteiger partial charge in [-0.1, -0.05) is 53.0 Å². The molecule has 0 aliphatic rings. The van der Waals surface area contributed by atoms with E-state index in [2.05, 4.69) is 5.32 Å². The van der Waals surface area contributed by atoms with Crippen molar-refractivity contribution < 1.29 is 37.8 Å². The second-order valence-corrected chi connectivity index (χ2v) is 8.30. The maximum atomic E-state index is 14.6. The van der Waals surface area contributed by atoms with Crippen molar-refractivity contribution in [2.75, 3.05) is 12.4 Å². The number of aliphatic hydroxyl groups is 1. The molecule has 3 aromatic carbocycles. The second kappa shape index (κ2) is 10.1. The molecule has 180 valence electrons. The quantitative estimate of drug-likeness (QED) is 0.218. The number of alkyl halides is 3. The largest absolute Gasteiger partial charge is 0.425 e. The van der Waals surface area contributed by atoms with Crippen LogP contribution in [0.15, 0.2) is 54.6 Å². The Kier molecular flexibility index (Phi) is 7.76. The smallest absolute Gasteiger partial charge is 0.372 e. The Morgan fingerprint density at radius 3 is 2.12 bits per heavy atom. The molecule has 0 radical (unpaired) electrons. The Morgan fingerprint density at radius 1 is 1.00 bits per heavy atom. The van der Waals surface area contributed by atoms with Gasteiger partial charge in [0.25, 0.3) is 5.91 Å². The Bertz CT molecular complexity index is 1200. The Morgan fingerprint density at radius 2 is 1.59 bits per heavy atom. The molecular weight excluding hydrogens is 523 g/mol. The molecule has 0 bridgehead atoms. The highest BCUT2D eigenvalue weighted by molar-refractivity contribution is 6.40. The highest BCUT2D eigenvalue weighted by Gasteiger charge is 2.56. The zero-order valence-corrected chi connectivity index (χ0v) is 19.5. The third-order valence-corrected chi connectivity index (χ3v) is 5.74. The van der Waals surface area contributed by atoms with Crippen molar-refractivity contribution in [2.45, 2.75) is 11.8 Å². The summed E-state index contributed by atoms with van der Waals surface area (Å²) in [6, 6.07) is 10.0. The molecule has 0 aliphatic carbocycles. The number of nitrogens with one attached hydrogen (secondary N) is 1. The van der Waals surface area contributed by atoms with Crippen molar-refractivity contribution in [3.05, 3.63) is 92.2 Å². The lowest BCUT2D eigenvalue weighted by Gasteiger charge is -2.32. The average Bonchev–Trinajstić information content (AvgIpc) is 2.76. The summed E-state index contributed by atoms with van der Waals surface area (Å²) in [6.07, 6.45) is -5.17. The van der Waals surface area contributed by atoms with E-state index in [1.807, 2.05) is 0 Å². The van der Waals surface area contributed by atoms with Crippen LogP contribution in [-0.4, -0.2) is 24.3 Å². The highest BCUT2D eigenvalue weighted by Crippen LogP contribution is 2.47. The van der Waals surface area contributed by atoms with E-state index in [1.54, 1.807) is 0 Å². The maximum absolute atomic E-state index is 14.6. The van der Waals surface area contributed by atoms with Crippen molar-refractivity contribution in [3.8, 4) is 0 Å². The van der Waals surface area contributed by atoms with E-state index in [0.717, 1.165) is 29.7 Å². The molecular formula is C22H16Cl3F4N2O3+. The fraction of sp³-hybridized carbons (Fsp3) is 0.136. The molecule has 0 saturated heterocycles. The van der Waals surface area contributed by atoms with Gasteiger partial charge in [-0.15, -0.1) is 0 Å². The molecule has 1 unspecified atom stereocenters. The molecule has 0 aliphatic heterocycles. The van der Waals surface area contributed by atoms with Gasteiger partial charge >= 0.3 is 6.18 Å². The molecule has 0 heterocycles. The fourth-order valence-corrected chi connectivity index (χ4v) is 3.92. The lowest BCUT2D eigenvalue weighted by Crippen LogP contribution is -2.76. The summed E-state index contributed by atoms with van der Waals surface area (Å²) >= 11 is 18.0. The van der Waals surface area contributed by atoms with Gasteiger partial charge in [0.2, 0.25) is 5.60 Å². The summed E-state index contributed by atoms with van der Waals surface area (Å²) in [5.74, 6) is -1.84. The van der Waals surface area contributed by atoms with Crippen LogP contribution in [0.1, 0.15) is 21.5 Å². The third kappa shape index (κ3) is 5.00. The number of amides is 1. The van der Waals surface area contributed by atoms with Crippen molar-refractivity contribution >= 4 is 52.1 Å². The number of anilines is 1. The van der Waals surface area contributed by atoms with E-state index in [-0.39, 0.29) is 22.0 Å². The number of carbonyl (C=O) groups is 1. The first-order valence-corrected chi connectivity index (χ1v) is 10.5. The van der Waals surface area contributed by atoms with Gasteiger partial charge in [0.05, 0.1) is 28.4 Å². The van der Waals surface area contributed by atoms with Crippen LogP contribution >= 0.6 is 34.8 Å². The summed E-state index contributed by atoms with van der Waals surface area (Å²) in [4.78, 5) is 17.4.